The molecular formula is C16H15BrClN3. The summed E-state index contributed by atoms with van der Waals surface area (Å²) in [6, 6.07) is 11.7. The van der Waals surface area contributed by atoms with E-state index in [1.165, 1.54) is 0 Å². The molecule has 3 aromatic rings. The van der Waals surface area contributed by atoms with E-state index in [-0.39, 0.29) is 0 Å². The highest BCUT2D eigenvalue weighted by Crippen LogP contribution is 2.30. The van der Waals surface area contributed by atoms with Gasteiger partial charge in [0.25, 0.3) is 0 Å². The Bertz CT molecular complexity index is 790. The Morgan fingerprint density at radius 3 is 2.76 bits per heavy atom. The van der Waals surface area contributed by atoms with Crippen LogP contribution in [-0.2, 0) is 6.54 Å². The van der Waals surface area contributed by atoms with E-state index in [1.54, 1.807) is 6.07 Å². The molecule has 0 unspecified atom stereocenters. The van der Waals surface area contributed by atoms with E-state index in [9.17, 15) is 0 Å². The Morgan fingerprint density at radius 1 is 1.24 bits per heavy atom. The van der Waals surface area contributed by atoms with Gasteiger partial charge in [0.2, 0.25) is 0 Å². The van der Waals surface area contributed by atoms with Gasteiger partial charge in [0.15, 0.2) is 0 Å². The van der Waals surface area contributed by atoms with Crippen molar-refractivity contribution in [3.05, 3.63) is 45.9 Å². The van der Waals surface area contributed by atoms with Gasteiger partial charge in [0.05, 0.1) is 11.0 Å². The number of fused-ring (bicyclic) bond motifs is 1. The number of hydrogen-bond acceptors (Lipinski definition) is 2. The predicted octanol–water partition coefficient (Wildman–Crippen LogP) is 5.11. The highest BCUT2D eigenvalue weighted by molar-refractivity contribution is 9.10. The zero-order chi connectivity index (χ0) is 15.0. The number of nitrogens with two attached hydrogens (primary N) is 1. The predicted molar refractivity (Wildman–Crippen MR) is 92.6 cm³/mol. The topological polar surface area (TPSA) is 43.8 Å². The Hall–Kier alpha value is -1.52. The zero-order valence-electron chi connectivity index (χ0n) is 11.6. The average molecular weight is 365 g/mol. The Balaban J connectivity index is 2.27. The van der Waals surface area contributed by atoms with Crippen molar-refractivity contribution in [2.75, 3.05) is 5.73 Å². The Kier molecular flexibility index (Phi) is 3.91. The molecule has 0 saturated carbocycles. The molecule has 0 radical (unpaired) electrons. The number of hydrogen-bond donors (Lipinski definition) is 1. The first-order valence-electron chi connectivity index (χ1n) is 6.80. The summed E-state index contributed by atoms with van der Waals surface area (Å²) < 4.78 is 3.24. The number of aryl methyl sites for hydroxylation is 1. The van der Waals surface area contributed by atoms with E-state index >= 15 is 0 Å². The fraction of sp³-hybridized carbons (Fsp3) is 0.188. The monoisotopic (exact) mass is 363 g/mol. The summed E-state index contributed by atoms with van der Waals surface area (Å²) in [6.45, 7) is 3.06. The molecule has 0 aliphatic heterocycles. The maximum atomic E-state index is 6.13. The molecule has 2 aromatic carbocycles. The van der Waals surface area contributed by atoms with Crippen molar-refractivity contribution in [3.63, 3.8) is 0 Å². The lowest BCUT2D eigenvalue weighted by Gasteiger charge is -2.09. The number of rotatable bonds is 3. The van der Waals surface area contributed by atoms with E-state index in [2.05, 4.69) is 33.5 Å². The minimum absolute atomic E-state index is 0.626. The Morgan fingerprint density at radius 2 is 2.05 bits per heavy atom. The molecule has 0 spiro atoms. The number of nitrogen functional groups attached to an aromatic ring is 1. The molecule has 0 fully saturated rings. The van der Waals surface area contributed by atoms with Crippen molar-refractivity contribution in [1.29, 1.82) is 0 Å². The standard InChI is InChI=1S/C16H15BrClN3/c1-2-5-21-15-4-3-11(17)8-14(15)20-16(21)10-6-12(18)9-13(19)7-10/h3-4,6-9H,2,5,19H2,1H3. The van der Waals surface area contributed by atoms with Crippen LogP contribution in [-0.4, -0.2) is 9.55 Å². The smallest absolute Gasteiger partial charge is 0.141 e. The third kappa shape index (κ3) is 2.78. The quantitative estimate of drug-likeness (QED) is 0.656. The molecule has 21 heavy (non-hydrogen) atoms. The van der Waals surface area contributed by atoms with E-state index in [0.717, 1.165) is 39.9 Å². The largest absolute Gasteiger partial charge is 0.399 e. The normalized spacial score (nSPS) is 11.2. The maximum Gasteiger partial charge on any atom is 0.141 e. The molecule has 3 rings (SSSR count). The van der Waals surface area contributed by atoms with Gasteiger partial charge in [-0.3, -0.25) is 0 Å². The first-order chi connectivity index (χ1) is 10.1. The van der Waals surface area contributed by atoms with Gasteiger partial charge in [-0.15, -0.1) is 0 Å². The molecule has 0 aliphatic carbocycles. The molecule has 3 nitrogen and oxygen atoms in total. The summed E-state index contributed by atoms with van der Waals surface area (Å²) in [5.74, 6) is 0.902. The summed E-state index contributed by atoms with van der Waals surface area (Å²) in [7, 11) is 0. The second-order valence-corrected chi connectivity index (χ2v) is 6.35. The lowest BCUT2D eigenvalue weighted by atomic mass is 10.2. The molecule has 0 aliphatic rings. The van der Waals surface area contributed by atoms with Crippen LogP contribution in [0, 0.1) is 0 Å². The first-order valence-corrected chi connectivity index (χ1v) is 7.98. The average Bonchev–Trinajstić information content (AvgIpc) is 2.76. The highest BCUT2D eigenvalue weighted by atomic mass is 79.9. The molecule has 1 aromatic heterocycles. The Labute approximate surface area is 136 Å². The molecule has 2 N–H and O–H groups in total. The SMILES string of the molecule is CCCn1c(-c2cc(N)cc(Cl)c2)nc2cc(Br)ccc21. The number of benzene rings is 2. The molecule has 108 valence electrons. The van der Waals surface area contributed by atoms with Crippen molar-refractivity contribution in [2.24, 2.45) is 0 Å². The van der Waals surface area contributed by atoms with Crippen molar-refractivity contribution < 1.29 is 0 Å². The van der Waals surface area contributed by atoms with Crippen molar-refractivity contribution >= 4 is 44.3 Å². The fourth-order valence-electron chi connectivity index (χ4n) is 2.51. The second-order valence-electron chi connectivity index (χ2n) is 4.99. The van der Waals surface area contributed by atoms with E-state index in [4.69, 9.17) is 22.3 Å². The summed E-state index contributed by atoms with van der Waals surface area (Å²) >= 11 is 9.62. The number of anilines is 1. The number of aromatic nitrogens is 2. The van der Waals surface area contributed by atoms with Gasteiger partial charge in [-0.1, -0.05) is 34.5 Å². The molecule has 0 amide bonds. The van der Waals surface area contributed by atoms with Crippen LogP contribution < -0.4 is 5.73 Å². The molecule has 0 bridgehead atoms. The van der Waals surface area contributed by atoms with Crippen molar-refractivity contribution in [2.45, 2.75) is 19.9 Å². The van der Waals surface area contributed by atoms with E-state index < -0.39 is 0 Å². The molecule has 0 atom stereocenters. The van der Waals surface area contributed by atoms with Crippen molar-refractivity contribution in [3.8, 4) is 11.4 Å². The lowest BCUT2D eigenvalue weighted by Crippen LogP contribution is -2.00. The van der Waals surface area contributed by atoms with E-state index in [1.807, 2.05) is 24.3 Å². The van der Waals surface area contributed by atoms with Crippen molar-refractivity contribution in [1.82, 2.24) is 9.55 Å². The van der Waals surface area contributed by atoms with Crippen LogP contribution in [0.15, 0.2) is 40.9 Å². The van der Waals surface area contributed by atoms with Crippen LogP contribution in [0.25, 0.3) is 22.4 Å². The van der Waals surface area contributed by atoms with Gasteiger partial charge < -0.3 is 10.3 Å². The maximum absolute atomic E-state index is 6.13. The minimum atomic E-state index is 0.626. The zero-order valence-corrected chi connectivity index (χ0v) is 13.9. The lowest BCUT2D eigenvalue weighted by molar-refractivity contribution is 0.704. The summed E-state index contributed by atoms with van der Waals surface area (Å²) in [6.07, 6.45) is 1.03. The van der Waals surface area contributed by atoms with Crippen LogP contribution in [0.4, 0.5) is 5.69 Å². The van der Waals surface area contributed by atoms with Gasteiger partial charge in [-0.05, 0) is 42.8 Å². The van der Waals surface area contributed by atoms with Gasteiger partial charge in [-0.2, -0.15) is 0 Å². The molecular weight excluding hydrogens is 350 g/mol. The van der Waals surface area contributed by atoms with Gasteiger partial charge in [-0.25, -0.2) is 4.98 Å². The molecule has 5 heteroatoms. The first kappa shape index (κ1) is 14.4. The molecule has 0 saturated heterocycles. The second kappa shape index (κ2) is 5.70. The van der Waals surface area contributed by atoms with Gasteiger partial charge in [0.1, 0.15) is 5.82 Å². The third-order valence-electron chi connectivity index (χ3n) is 3.34. The summed E-state index contributed by atoms with van der Waals surface area (Å²) in [5.41, 5.74) is 9.59. The van der Waals surface area contributed by atoms with Crippen LogP contribution in [0.2, 0.25) is 5.02 Å². The van der Waals surface area contributed by atoms with E-state index in [0.29, 0.717) is 10.7 Å². The van der Waals surface area contributed by atoms with Gasteiger partial charge in [0, 0.05) is 27.3 Å². The van der Waals surface area contributed by atoms with Gasteiger partial charge >= 0.3 is 0 Å². The highest BCUT2D eigenvalue weighted by Gasteiger charge is 2.13. The third-order valence-corrected chi connectivity index (χ3v) is 4.05. The summed E-state index contributed by atoms with van der Waals surface area (Å²) in [4.78, 5) is 4.76. The summed E-state index contributed by atoms with van der Waals surface area (Å²) in [5, 5.41) is 0.626. The van der Waals surface area contributed by atoms with Crippen LogP contribution in [0.5, 0.6) is 0 Å². The number of imidazole rings is 1. The van der Waals surface area contributed by atoms with Crippen LogP contribution >= 0.6 is 27.5 Å². The minimum Gasteiger partial charge on any atom is -0.399 e. The van der Waals surface area contributed by atoms with Crippen LogP contribution in [0.1, 0.15) is 13.3 Å². The fourth-order valence-corrected chi connectivity index (χ4v) is 3.11. The number of nitrogens with zero attached hydrogens (tertiary/aromatic N) is 2. The molecule has 1 heterocycles. The van der Waals surface area contributed by atoms with Crippen LogP contribution in [0.3, 0.4) is 0 Å². The number of halogens is 2.